The molecule has 0 unspecified atom stereocenters. The molecule has 10 heteroatoms. The highest BCUT2D eigenvalue weighted by Crippen LogP contribution is 2.36. The molecule has 2 aromatic carbocycles. The van der Waals surface area contributed by atoms with Crippen LogP contribution in [0.1, 0.15) is 12.0 Å². The molecule has 1 N–H and O–H groups in total. The molecule has 0 saturated heterocycles. The minimum atomic E-state index is -4.95. The highest BCUT2D eigenvalue weighted by Gasteiger charge is 2.33. The van der Waals surface area contributed by atoms with Crippen molar-refractivity contribution in [3.63, 3.8) is 0 Å². The first-order valence-corrected chi connectivity index (χ1v) is 6.82. The Morgan fingerprint density at radius 3 is 2.19 bits per heavy atom. The zero-order valence-electron chi connectivity index (χ0n) is 12.6. The minimum Gasteiger partial charge on any atom is -0.451 e. The Morgan fingerprint density at radius 2 is 1.69 bits per heavy atom. The molecule has 2 rings (SSSR count). The number of nitrogens with one attached hydrogen (secondary N) is 1. The summed E-state index contributed by atoms with van der Waals surface area (Å²) in [4.78, 5) is 11.2. The first-order valence-electron chi connectivity index (χ1n) is 6.82. The van der Waals surface area contributed by atoms with Crippen molar-refractivity contribution in [1.82, 2.24) is 0 Å². The van der Waals surface area contributed by atoms with Crippen molar-refractivity contribution < 1.29 is 35.9 Å². The lowest BCUT2D eigenvalue weighted by Crippen LogP contribution is -2.11. The third kappa shape index (κ3) is 4.44. The molecule has 26 heavy (non-hydrogen) atoms. The molecular weight excluding hydrogens is 366 g/mol. The van der Waals surface area contributed by atoms with E-state index >= 15 is 0 Å². The summed E-state index contributed by atoms with van der Waals surface area (Å²) in [7, 11) is 0. The van der Waals surface area contributed by atoms with Gasteiger partial charge in [0.15, 0.2) is 17.4 Å². The topological polar surface area (TPSA) is 62.1 Å². The third-order valence-electron chi connectivity index (χ3n) is 3.00. The number of nitrogens with zero attached hydrogens (tertiary/aromatic N) is 1. The Labute approximate surface area is 142 Å². The van der Waals surface area contributed by atoms with Gasteiger partial charge in [-0.2, -0.15) is 18.4 Å². The molecule has 0 fully saturated rings. The minimum absolute atomic E-state index is 0.0469. The molecule has 4 nitrogen and oxygen atoms in total. The van der Waals surface area contributed by atoms with Crippen molar-refractivity contribution in [2.75, 3.05) is 5.32 Å². The number of alkyl halides is 3. The van der Waals surface area contributed by atoms with E-state index in [1.165, 1.54) is 0 Å². The van der Waals surface area contributed by atoms with Crippen molar-refractivity contribution in [2.45, 2.75) is 12.6 Å². The number of rotatable bonds is 4. The number of anilines is 1. The van der Waals surface area contributed by atoms with Crippen LogP contribution in [0.4, 0.5) is 32.0 Å². The van der Waals surface area contributed by atoms with Gasteiger partial charge >= 0.3 is 6.18 Å². The van der Waals surface area contributed by atoms with Crippen molar-refractivity contribution >= 4 is 11.6 Å². The summed E-state index contributed by atoms with van der Waals surface area (Å²) in [5, 5.41) is 10.4. The molecule has 0 radical (unpaired) electrons. The predicted octanol–water partition coefficient (Wildman–Crippen LogP) is 4.77. The lowest BCUT2D eigenvalue weighted by Gasteiger charge is -2.12. The summed E-state index contributed by atoms with van der Waals surface area (Å²) in [6.45, 7) is 0. The molecule has 136 valence electrons. The molecule has 1 amide bonds. The van der Waals surface area contributed by atoms with E-state index in [0.717, 1.165) is 12.1 Å². The quantitative estimate of drug-likeness (QED) is 0.785. The van der Waals surface area contributed by atoms with Gasteiger partial charge in [0, 0.05) is 6.07 Å². The standard InChI is InChI=1S/C16H8F6N2O2/c17-10-7-9(1-2-13(10)24-14(25)3-4-23)26-15-11(18)5-8(6-12(15)19)16(20,21)22/h1-2,5-7H,3H2,(H,24,25). The van der Waals surface area contributed by atoms with Gasteiger partial charge in [-0.25, -0.2) is 13.2 Å². The number of carbonyl (C=O) groups is 1. The molecule has 0 aliphatic carbocycles. The Kier molecular flexibility index (Phi) is 5.40. The molecular formula is C16H8F6N2O2. The van der Waals surface area contributed by atoms with Crippen molar-refractivity contribution in [1.29, 1.82) is 5.26 Å². The van der Waals surface area contributed by atoms with Gasteiger partial charge in [0.25, 0.3) is 0 Å². The SMILES string of the molecule is N#CCC(=O)Nc1ccc(Oc2c(F)cc(C(F)(F)F)cc2F)cc1F. The average molecular weight is 374 g/mol. The van der Waals surface area contributed by atoms with Gasteiger partial charge in [-0.1, -0.05) is 0 Å². The molecule has 0 atom stereocenters. The van der Waals surface area contributed by atoms with E-state index in [-0.39, 0.29) is 17.8 Å². The van der Waals surface area contributed by atoms with Gasteiger partial charge in [0.2, 0.25) is 5.91 Å². The van der Waals surface area contributed by atoms with Crippen LogP contribution in [-0.2, 0) is 11.0 Å². The van der Waals surface area contributed by atoms with E-state index in [0.29, 0.717) is 6.07 Å². The maximum absolute atomic E-state index is 13.9. The largest absolute Gasteiger partial charge is 0.451 e. The number of benzene rings is 2. The summed E-state index contributed by atoms with van der Waals surface area (Å²) in [6, 6.07) is 4.34. The van der Waals surface area contributed by atoms with E-state index in [1.807, 2.05) is 0 Å². The molecule has 0 aliphatic heterocycles. The van der Waals surface area contributed by atoms with Crippen LogP contribution in [0.25, 0.3) is 0 Å². The van der Waals surface area contributed by atoms with Gasteiger partial charge in [-0.15, -0.1) is 0 Å². The molecule has 0 bridgehead atoms. The highest BCUT2D eigenvalue weighted by molar-refractivity contribution is 5.92. The van der Waals surface area contributed by atoms with E-state index in [2.05, 4.69) is 5.32 Å². The van der Waals surface area contributed by atoms with Crippen LogP contribution < -0.4 is 10.1 Å². The van der Waals surface area contributed by atoms with Gasteiger partial charge in [0.05, 0.1) is 17.3 Å². The normalized spacial score (nSPS) is 11.0. The van der Waals surface area contributed by atoms with Crippen molar-refractivity contribution in [3.05, 3.63) is 53.3 Å². The lowest BCUT2D eigenvalue weighted by atomic mass is 10.2. The second-order valence-corrected chi connectivity index (χ2v) is 4.89. The zero-order valence-corrected chi connectivity index (χ0v) is 12.6. The zero-order chi connectivity index (χ0) is 19.5. The van der Waals surface area contributed by atoms with Crippen LogP contribution in [0.15, 0.2) is 30.3 Å². The molecule has 2 aromatic rings. The monoisotopic (exact) mass is 374 g/mol. The van der Waals surface area contributed by atoms with Gasteiger partial charge < -0.3 is 10.1 Å². The van der Waals surface area contributed by atoms with Gasteiger partial charge in [0.1, 0.15) is 18.0 Å². The molecule has 0 heterocycles. The van der Waals surface area contributed by atoms with Crippen LogP contribution in [-0.4, -0.2) is 5.91 Å². The van der Waals surface area contributed by atoms with Crippen LogP contribution in [0.5, 0.6) is 11.5 Å². The second kappa shape index (κ2) is 7.35. The summed E-state index contributed by atoms with van der Waals surface area (Å²) in [5.74, 6) is -6.62. The number of halogens is 6. The molecule has 0 saturated carbocycles. The van der Waals surface area contributed by atoms with Crippen LogP contribution in [0.2, 0.25) is 0 Å². The maximum atomic E-state index is 13.9. The predicted molar refractivity (Wildman–Crippen MR) is 76.7 cm³/mol. The number of ether oxygens (including phenoxy) is 1. The second-order valence-electron chi connectivity index (χ2n) is 4.89. The summed E-state index contributed by atoms with van der Waals surface area (Å²) in [5.41, 5.74) is -1.85. The third-order valence-corrected chi connectivity index (χ3v) is 3.00. The maximum Gasteiger partial charge on any atom is 0.416 e. The van der Waals surface area contributed by atoms with E-state index in [4.69, 9.17) is 10.00 Å². The number of hydrogen-bond acceptors (Lipinski definition) is 3. The van der Waals surface area contributed by atoms with Gasteiger partial charge in [-0.3, -0.25) is 4.79 Å². The Bertz CT molecular complexity index is 866. The van der Waals surface area contributed by atoms with Crippen LogP contribution in [0, 0.1) is 28.8 Å². The van der Waals surface area contributed by atoms with Crippen molar-refractivity contribution in [2.24, 2.45) is 0 Å². The fourth-order valence-electron chi connectivity index (χ4n) is 1.87. The summed E-state index contributed by atoms with van der Waals surface area (Å²) < 4.78 is 83.5. The number of carbonyl (C=O) groups excluding carboxylic acids is 1. The summed E-state index contributed by atoms with van der Waals surface area (Å²) >= 11 is 0. The van der Waals surface area contributed by atoms with Crippen molar-refractivity contribution in [3.8, 4) is 17.6 Å². The van der Waals surface area contributed by atoms with E-state index in [1.54, 1.807) is 6.07 Å². The average Bonchev–Trinajstić information content (AvgIpc) is 2.52. The van der Waals surface area contributed by atoms with E-state index < -0.39 is 53.0 Å². The molecule has 0 aliphatic rings. The smallest absolute Gasteiger partial charge is 0.416 e. The number of hydrogen-bond donors (Lipinski definition) is 1. The molecule has 0 spiro atoms. The Hall–Kier alpha value is -3.22. The highest BCUT2D eigenvalue weighted by atomic mass is 19.4. The van der Waals surface area contributed by atoms with E-state index in [9.17, 15) is 31.1 Å². The first kappa shape index (κ1) is 19.1. The van der Waals surface area contributed by atoms with Crippen LogP contribution >= 0.6 is 0 Å². The summed E-state index contributed by atoms with van der Waals surface area (Å²) in [6.07, 6.45) is -5.46. The lowest BCUT2D eigenvalue weighted by molar-refractivity contribution is -0.138. The fourth-order valence-corrected chi connectivity index (χ4v) is 1.87. The molecule has 0 aromatic heterocycles. The number of amides is 1. The van der Waals surface area contributed by atoms with Crippen LogP contribution in [0.3, 0.4) is 0 Å². The van der Waals surface area contributed by atoms with Gasteiger partial charge in [-0.05, 0) is 24.3 Å². The Balaban J connectivity index is 2.25. The fraction of sp³-hybridized carbons (Fsp3) is 0.125. The Morgan fingerprint density at radius 1 is 1.08 bits per heavy atom. The number of nitriles is 1. The first-order chi connectivity index (χ1) is 12.1.